The van der Waals surface area contributed by atoms with Crippen molar-refractivity contribution in [3.63, 3.8) is 0 Å². The lowest BCUT2D eigenvalue weighted by Gasteiger charge is -2.42. The first kappa shape index (κ1) is 27.4. The maximum Gasteiger partial charge on any atom is 0.273 e. The van der Waals surface area contributed by atoms with Crippen LogP contribution in [0.25, 0.3) is 11.3 Å². The van der Waals surface area contributed by atoms with Crippen molar-refractivity contribution in [2.24, 2.45) is 11.8 Å². The summed E-state index contributed by atoms with van der Waals surface area (Å²) in [6.07, 6.45) is 7.25. The Hall–Kier alpha value is -3.73. The van der Waals surface area contributed by atoms with E-state index in [0.29, 0.717) is 37.1 Å². The molecular weight excluding hydrogens is 535 g/mol. The smallest absolute Gasteiger partial charge is 0.273 e. The Morgan fingerprint density at radius 2 is 1.85 bits per heavy atom. The van der Waals surface area contributed by atoms with Crippen molar-refractivity contribution in [3.05, 3.63) is 71.4 Å². The Morgan fingerprint density at radius 3 is 2.51 bits per heavy atom. The highest BCUT2D eigenvalue weighted by Crippen LogP contribution is 2.45. The van der Waals surface area contributed by atoms with Gasteiger partial charge in [0.25, 0.3) is 5.91 Å². The van der Waals surface area contributed by atoms with Gasteiger partial charge < -0.3 is 15.2 Å². The number of carbonyl (C=O) groups is 2. The largest absolute Gasteiger partial charge is 0.355 e. The molecule has 216 valence electrons. The van der Waals surface area contributed by atoms with E-state index in [1.165, 1.54) is 0 Å². The Bertz CT molecular complexity index is 1420. The van der Waals surface area contributed by atoms with Gasteiger partial charge >= 0.3 is 0 Å². The lowest BCUT2D eigenvalue weighted by Crippen LogP contribution is -2.58. The molecule has 1 aliphatic heterocycles. The van der Waals surface area contributed by atoms with E-state index in [9.17, 15) is 22.8 Å². The summed E-state index contributed by atoms with van der Waals surface area (Å²) in [7, 11) is 0. The number of pyridine rings is 1. The van der Waals surface area contributed by atoms with E-state index in [4.69, 9.17) is 4.52 Å². The van der Waals surface area contributed by atoms with Crippen LogP contribution in [0.5, 0.6) is 0 Å². The Morgan fingerprint density at radius 1 is 1.07 bits per heavy atom. The summed E-state index contributed by atoms with van der Waals surface area (Å²) in [4.78, 5) is 33.9. The highest BCUT2D eigenvalue weighted by atomic mass is 19.1. The second-order valence-corrected chi connectivity index (χ2v) is 11.6. The molecule has 2 saturated carbocycles. The molecule has 3 heterocycles. The number of halogens is 3. The highest BCUT2D eigenvalue weighted by Gasteiger charge is 2.49. The number of likely N-dealkylation sites (tertiary alicyclic amines) is 1. The van der Waals surface area contributed by atoms with Gasteiger partial charge in [-0.15, -0.1) is 0 Å². The van der Waals surface area contributed by atoms with Gasteiger partial charge in [-0.05, 0) is 50.2 Å². The van der Waals surface area contributed by atoms with Crippen molar-refractivity contribution in [1.29, 1.82) is 0 Å². The van der Waals surface area contributed by atoms with Crippen LogP contribution in [0.2, 0.25) is 0 Å². The van der Waals surface area contributed by atoms with Gasteiger partial charge in [-0.2, -0.15) is 0 Å². The van der Waals surface area contributed by atoms with Crippen molar-refractivity contribution in [2.75, 3.05) is 13.1 Å². The first-order chi connectivity index (χ1) is 19.7. The fourth-order valence-corrected chi connectivity index (χ4v) is 6.45. The van der Waals surface area contributed by atoms with Crippen LogP contribution < -0.4 is 10.6 Å². The number of aromatic nitrogens is 2. The maximum atomic E-state index is 14.3. The first-order valence-electron chi connectivity index (χ1n) is 14.1. The summed E-state index contributed by atoms with van der Waals surface area (Å²) in [6, 6.07) is 7.72. The summed E-state index contributed by atoms with van der Waals surface area (Å²) in [5.41, 5.74) is -0.485. The lowest BCUT2D eigenvalue weighted by molar-refractivity contribution is -0.129. The van der Waals surface area contributed by atoms with Gasteiger partial charge in [0.15, 0.2) is 11.5 Å². The second-order valence-electron chi connectivity index (χ2n) is 11.6. The third kappa shape index (κ3) is 5.47. The molecule has 1 saturated heterocycles. The minimum Gasteiger partial charge on any atom is -0.355 e. The van der Waals surface area contributed by atoms with E-state index < -0.39 is 46.4 Å². The van der Waals surface area contributed by atoms with Crippen LogP contribution >= 0.6 is 0 Å². The molecule has 2 amide bonds. The van der Waals surface area contributed by atoms with E-state index in [-0.39, 0.29) is 17.4 Å². The monoisotopic (exact) mass is 567 g/mol. The molecule has 1 aromatic carbocycles. The van der Waals surface area contributed by atoms with Crippen LogP contribution in [0, 0.1) is 29.3 Å². The summed E-state index contributed by atoms with van der Waals surface area (Å²) in [6.45, 7) is 3.47. The molecule has 3 aliphatic rings. The van der Waals surface area contributed by atoms with Crippen LogP contribution in [0.3, 0.4) is 0 Å². The Kier molecular flexibility index (Phi) is 7.31. The zero-order valence-corrected chi connectivity index (χ0v) is 22.7. The molecule has 0 radical (unpaired) electrons. The highest BCUT2D eigenvalue weighted by molar-refractivity contribution is 5.94. The van der Waals surface area contributed by atoms with Crippen LogP contribution in [-0.4, -0.2) is 52.0 Å². The normalized spacial score (nSPS) is 25.6. The quantitative estimate of drug-likeness (QED) is 0.434. The van der Waals surface area contributed by atoms with Gasteiger partial charge in [-0.1, -0.05) is 24.6 Å². The zero-order valence-electron chi connectivity index (χ0n) is 22.7. The second kappa shape index (κ2) is 10.9. The number of nitrogens with zero attached hydrogens (tertiary/aromatic N) is 3. The number of amides is 2. The standard InChI is InChI=1S/C30H32F3N5O3/c1-17-5-4-6-24(17)38-12-8-22(19(16-38)28(39)36-30(9-10-30)26-7-2-3-11-34-26)35-29(40)23-15-25(41-37-23)27-20(32)13-18(31)14-21(27)33/h2-3,7,11,13-15,17,19,22,24H,4-6,8-10,12,16H2,1H3,(H,35,40)(H,36,39)/t17-,19-,22-,24-/m1/s1. The number of benzene rings is 1. The van der Waals surface area contributed by atoms with Crippen molar-refractivity contribution in [3.8, 4) is 11.3 Å². The van der Waals surface area contributed by atoms with Crippen molar-refractivity contribution in [2.45, 2.75) is 63.1 Å². The van der Waals surface area contributed by atoms with Crippen molar-refractivity contribution < 1.29 is 27.3 Å². The van der Waals surface area contributed by atoms with Crippen LogP contribution in [-0.2, 0) is 10.3 Å². The van der Waals surface area contributed by atoms with Gasteiger partial charge in [0.05, 0.1) is 22.7 Å². The predicted molar refractivity (Wildman–Crippen MR) is 143 cm³/mol. The van der Waals surface area contributed by atoms with Crippen LogP contribution in [0.4, 0.5) is 13.2 Å². The summed E-state index contributed by atoms with van der Waals surface area (Å²) >= 11 is 0. The molecule has 3 fully saturated rings. The molecule has 2 N–H and O–H groups in total. The zero-order chi connectivity index (χ0) is 28.7. The summed E-state index contributed by atoms with van der Waals surface area (Å²) in [5.74, 6) is -4.51. The molecule has 11 heteroatoms. The molecule has 2 aliphatic carbocycles. The molecule has 0 unspecified atom stereocenters. The number of hydrogen-bond acceptors (Lipinski definition) is 6. The topological polar surface area (TPSA) is 100 Å². The minimum atomic E-state index is -1.17. The van der Waals surface area contributed by atoms with Gasteiger partial charge in [0, 0.05) is 49.6 Å². The Labute approximate surface area is 235 Å². The SMILES string of the molecule is C[C@@H]1CCC[C@H]1N1CC[C@@H](NC(=O)c2cc(-c3c(F)cc(F)cc3F)on2)[C@H](C(=O)NC2(c3ccccn3)CC2)C1. The fourth-order valence-electron chi connectivity index (χ4n) is 6.45. The van der Waals surface area contributed by atoms with Gasteiger partial charge in [0.1, 0.15) is 17.5 Å². The van der Waals surface area contributed by atoms with Crippen molar-refractivity contribution >= 4 is 11.8 Å². The van der Waals surface area contributed by atoms with E-state index >= 15 is 0 Å². The number of carbonyl (C=O) groups excluding carboxylic acids is 2. The minimum absolute atomic E-state index is 0.148. The predicted octanol–water partition coefficient (Wildman–Crippen LogP) is 4.57. The third-order valence-electron chi connectivity index (χ3n) is 8.85. The van der Waals surface area contributed by atoms with Crippen LogP contribution in [0.15, 0.2) is 47.1 Å². The molecule has 3 aromatic rings. The molecular formula is C30H32F3N5O3. The van der Waals surface area contributed by atoms with Gasteiger partial charge in [0.2, 0.25) is 5.91 Å². The van der Waals surface area contributed by atoms with Gasteiger partial charge in [-0.3, -0.25) is 19.5 Å². The average Bonchev–Trinajstić information content (AvgIpc) is 3.33. The summed E-state index contributed by atoms with van der Waals surface area (Å²) < 4.78 is 46.9. The lowest BCUT2D eigenvalue weighted by atomic mass is 9.88. The molecule has 4 atom stereocenters. The number of hydrogen-bond donors (Lipinski definition) is 2. The number of rotatable bonds is 7. The fraction of sp³-hybridized carbons (Fsp3) is 0.467. The summed E-state index contributed by atoms with van der Waals surface area (Å²) in [5, 5.41) is 9.86. The average molecular weight is 568 g/mol. The van der Waals surface area contributed by atoms with Crippen molar-refractivity contribution in [1.82, 2.24) is 25.7 Å². The van der Waals surface area contributed by atoms with E-state index in [0.717, 1.165) is 50.4 Å². The molecule has 0 bridgehead atoms. The van der Waals surface area contributed by atoms with Crippen LogP contribution in [0.1, 0.15) is 61.6 Å². The van der Waals surface area contributed by atoms with E-state index in [2.05, 4.69) is 32.6 Å². The molecule has 0 spiro atoms. The molecule has 2 aromatic heterocycles. The third-order valence-corrected chi connectivity index (χ3v) is 8.85. The number of piperidine rings is 1. The van der Waals surface area contributed by atoms with E-state index in [1.807, 2.05) is 18.2 Å². The number of nitrogens with one attached hydrogen (secondary N) is 2. The molecule has 6 rings (SSSR count). The molecule has 41 heavy (non-hydrogen) atoms. The maximum absolute atomic E-state index is 14.3. The Balaban J connectivity index is 1.21. The molecule has 8 nitrogen and oxygen atoms in total. The first-order valence-corrected chi connectivity index (χ1v) is 14.1. The van der Waals surface area contributed by atoms with Gasteiger partial charge in [-0.25, -0.2) is 13.2 Å². The van der Waals surface area contributed by atoms with E-state index in [1.54, 1.807) is 6.20 Å².